The number of amides is 2. The molecule has 9 heteroatoms. The number of carbonyl (C=O) groups is 2. The van der Waals surface area contributed by atoms with Gasteiger partial charge >= 0.3 is 0 Å². The Balaban J connectivity index is 1.41. The molecule has 162 valence electrons. The molecule has 3 aromatic rings. The number of hydrogen-bond donors (Lipinski definition) is 0. The van der Waals surface area contributed by atoms with Crippen LogP contribution in [0.1, 0.15) is 34.5 Å². The molecule has 0 aliphatic carbocycles. The van der Waals surface area contributed by atoms with Crippen LogP contribution in [0.15, 0.2) is 40.7 Å². The van der Waals surface area contributed by atoms with E-state index in [0.717, 1.165) is 16.4 Å². The zero-order valence-electron chi connectivity index (χ0n) is 17.7. The summed E-state index contributed by atoms with van der Waals surface area (Å²) in [6, 6.07) is 3.58. The highest BCUT2D eigenvalue weighted by atomic mass is 32.1. The van der Waals surface area contributed by atoms with Crippen LogP contribution in [0.2, 0.25) is 0 Å². The molecule has 2 fully saturated rings. The van der Waals surface area contributed by atoms with Crippen LogP contribution in [0.3, 0.4) is 0 Å². The van der Waals surface area contributed by atoms with Gasteiger partial charge in [0.2, 0.25) is 11.8 Å². The lowest BCUT2D eigenvalue weighted by Crippen LogP contribution is -2.40. The number of carbonyl (C=O) groups excluding carboxylic acids is 2. The number of likely N-dealkylation sites (tertiary alicyclic amines) is 2. The zero-order valence-corrected chi connectivity index (χ0v) is 18.5. The lowest BCUT2D eigenvalue weighted by molar-refractivity contribution is -0.137. The summed E-state index contributed by atoms with van der Waals surface area (Å²) in [7, 11) is 1.92. The monoisotopic (exact) mass is 439 g/mol. The Morgan fingerprint density at radius 2 is 2.29 bits per heavy atom. The van der Waals surface area contributed by atoms with Crippen molar-refractivity contribution < 1.29 is 14.0 Å². The molecular formula is C22H25N5O3S. The molecule has 2 atom stereocenters. The summed E-state index contributed by atoms with van der Waals surface area (Å²) >= 11 is 1.60. The highest BCUT2D eigenvalue weighted by molar-refractivity contribution is 7.09. The maximum Gasteiger partial charge on any atom is 0.231 e. The molecule has 8 nitrogen and oxygen atoms in total. The first kappa shape index (κ1) is 20.0. The average Bonchev–Trinajstić information content (AvgIpc) is 3.54. The van der Waals surface area contributed by atoms with E-state index in [4.69, 9.17) is 4.42 Å². The summed E-state index contributed by atoms with van der Waals surface area (Å²) < 4.78 is 7.25. The van der Waals surface area contributed by atoms with Crippen molar-refractivity contribution in [3.8, 4) is 0 Å². The quantitative estimate of drug-likeness (QED) is 0.609. The normalized spacial score (nSPS) is 23.4. The highest BCUT2D eigenvalue weighted by Gasteiger charge is 2.58. The first-order valence-corrected chi connectivity index (χ1v) is 11.3. The molecule has 1 spiro atoms. The van der Waals surface area contributed by atoms with Crippen LogP contribution in [0.5, 0.6) is 0 Å². The maximum atomic E-state index is 13.7. The van der Waals surface area contributed by atoms with Crippen LogP contribution < -0.4 is 0 Å². The van der Waals surface area contributed by atoms with E-state index < -0.39 is 5.41 Å². The Bertz CT molecular complexity index is 1100. The first-order chi connectivity index (χ1) is 14.9. The second-order valence-corrected chi connectivity index (χ2v) is 9.60. The molecule has 5 heterocycles. The molecular weight excluding hydrogens is 414 g/mol. The topological polar surface area (TPSA) is 84.5 Å². The van der Waals surface area contributed by atoms with Gasteiger partial charge in [-0.2, -0.15) is 0 Å². The zero-order chi connectivity index (χ0) is 21.6. The molecule has 2 amide bonds. The fraction of sp³-hybridized carbons (Fsp3) is 0.455. The minimum absolute atomic E-state index is 0.0193. The average molecular weight is 440 g/mol. The molecule has 31 heavy (non-hydrogen) atoms. The van der Waals surface area contributed by atoms with Gasteiger partial charge in [-0.3, -0.25) is 9.59 Å². The lowest BCUT2D eigenvalue weighted by Gasteiger charge is -2.27. The Labute approximate surface area is 184 Å². The molecule has 5 rings (SSSR count). The van der Waals surface area contributed by atoms with Crippen LogP contribution in [0, 0.1) is 12.3 Å². The van der Waals surface area contributed by atoms with Crippen LogP contribution in [0.4, 0.5) is 0 Å². The number of hydrogen-bond acceptors (Lipinski definition) is 6. The Morgan fingerprint density at radius 3 is 2.97 bits per heavy atom. The van der Waals surface area contributed by atoms with Crippen molar-refractivity contribution in [2.75, 3.05) is 19.6 Å². The molecule has 3 aromatic heterocycles. The van der Waals surface area contributed by atoms with E-state index in [9.17, 15) is 9.59 Å². The summed E-state index contributed by atoms with van der Waals surface area (Å²) in [5, 5.41) is 3.01. The molecule has 0 bridgehead atoms. The van der Waals surface area contributed by atoms with Crippen molar-refractivity contribution in [3.63, 3.8) is 0 Å². The van der Waals surface area contributed by atoms with Crippen molar-refractivity contribution in [2.24, 2.45) is 12.5 Å². The van der Waals surface area contributed by atoms with Gasteiger partial charge in [0.1, 0.15) is 5.76 Å². The fourth-order valence-corrected chi connectivity index (χ4v) is 5.52. The van der Waals surface area contributed by atoms with E-state index >= 15 is 0 Å². The van der Waals surface area contributed by atoms with Crippen molar-refractivity contribution >= 4 is 23.2 Å². The summed E-state index contributed by atoms with van der Waals surface area (Å²) in [4.78, 5) is 39.5. The number of thiazole rings is 1. The Morgan fingerprint density at radius 1 is 1.42 bits per heavy atom. The van der Waals surface area contributed by atoms with Gasteiger partial charge in [-0.05, 0) is 25.5 Å². The molecule has 0 N–H and O–H groups in total. The van der Waals surface area contributed by atoms with E-state index in [1.54, 1.807) is 36.1 Å². The number of rotatable bonds is 5. The Hall–Kier alpha value is -2.94. The van der Waals surface area contributed by atoms with E-state index in [-0.39, 0.29) is 24.2 Å². The van der Waals surface area contributed by atoms with Crippen molar-refractivity contribution in [1.82, 2.24) is 24.3 Å². The van der Waals surface area contributed by atoms with Gasteiger partial charge in [-0.1, -0.05) is 0 Å². The minimum Gasteiger partial charge on any atom is -0.469 e. The van der Waals surface area contributed by atoms with Gasteiger partial charge in [0.05, 0.1) is 47.4 Å². The standard InChI is InChI=1S/C22H25N5O3S/c1-15-24-16(12-31-15)9-26-6-5-22(21(26)29)13-27(20(28)8-17-4-3-7-30-17)10-18(22)19-11-25(2)14-23-19/h3-4,7,11-12,14,18H,5-6,8-10,13H2,1-2H3/t18-,22-/m1/s1. The predicted octanol–water partition coefficient (Wildman–Crippen LogP) is 2.37. The number of imidazole rings is 1. The summed E-state index contributed by atoms with van der Waals surface area (Å²) in [5.41, 5.74) is 1.15. The molecule has 2 saturated heterocycles. The van der Waals surface area contributed by atoms with Crippen LogP contribution >= 0.6 is 11.3 Å². The SMILES string of the molecule is Cc1nc(CN2CC[C@]3(CN(C(=O)Cc4ccco4)C[C@@H]3c3cn(C)cn3)C2=O)cs1. The van der Waals surface area contributed by atoms with E-state index in [1.165, 1.54) is 0 Å². The van der Waals surface area contributed by atoms with E-state index in [2.05, 4.69) is 9.97 Å². The third-order valence-corrected chi connectivity index (χ3v) is 7.27. The fourth-order valence-electron chi connectivity index (χ4n) is 4.92. The van der Waals surface area contributed by atoms with Gasteiger partial charge in [0, 0.05) is 44.2 Å². The third kappa shape index (κ3) is 3.56. The lowest BCUT2D eigenvalue weighted by atomic mass is 9.75. The van der Waals surface area contributed by atoms with Crippen molar-refractivity contribution in [3.05, 3.63) is 58.5 Å². The van der Waals surface area contributed by atoms with Crippen molar-refractivity contribution in [2.45, 2.75) is 32.2 Å². The summed E-state index contributed by atoms with van der Waals surface area (Å²) in [5.74, 6) is 0.596. The predicted molar refractivity (Wildman–Crippen MR) is 114 cm³/mol. The van der Waals surface area contributed by atoms with Gasteiger partial charge in [0.15, 0.2) is 0 Å². The van der Waals surface area contributed by atoms with Crippen LogP contribution in [0.25, 0.3) is 0 Å². The number of nitrogens with zero attached hydrogens (tertiary/aromatic N) is 5. The van der Waals surface area contributed by atoms with Gasteiger partial charge in [-0.25, -0.2) is 9.97 Å². The molecule has 0 unspecified atom stereocenters. The van der Waals surface area contributed by atoms with Gasteiger partial charge in [-0.15, -0.1) is 11.3 Å². The molecule has 2 aliphatic heterocycles. The first-order valence-electron chi connectivity index (χ1n) is 10.4. The second kappa shape index (κ2) is 7.64. The number of aryl methyl sites for hydroxylation is 2. The molecule has 0 saturated carbocycles. The summed E-state index contributed by atoms with van der Waals surface area (Å²) in [6.45, 7) is 4.06. The largest absolute Gasteiger partial charge is 0.469 e. The van der Waals surface area contributed by atoms with Gasteiger partial charge < -0.3 is 18.8 Å². The third-order valence-electron chi connectivity index (χ3n) is 6.44. The number of aromatic nitrogens is 3. The van der Waals surface area contributed by atoms with Crippen LogP contribution in [-0.4, -0.2) is 55.8 Å². The number of furan rings is 1. The molecule has 0 aromatic carbocycles. The van der Waals surface area contributed by atoms with Gasteiger partial charge in [0.25, 0.3) is 0 Å². The smallest absolute Gasteiger partial charge is 0.231 e. The van der Waals surface area contributed by atoms with E-state index in [1.807, 2.05) is 39.9 Å². The summed E-state index contributed by atoms with van der Waals surface area (Å²) in [6.07, 6.45) is 6.20. The highest BCUT2D eigenvalue weighted by Crippen LogP contribution is 2.49. The van der Waals surface area contributed by atoms with Crippen molar-refractivity contribution in [1.29, 1.82) is 0 Å². The Kier molecular flexibility index (Phi) is 4.92. The maximum absolute atomic E-state index is 13.7. The molecule has 2 aliphatic rings. The minimum atomic E-state index is -0.641. The van der Waals surface area contributed by atoms with Crippen LogP contribution in [-0.2, 0) is 29.6 Å². The molecule has 0 radical (unpaired) electrons. The van der Waals surface area contributed by atoms with E-state index in [0.29, 0.717) is 38.4 Å². The second-order valence-electron chi connectivity index (χ2n) is 8.54.